The third-order valence-corrected chi connectivity index (χ3v) is 10.0. The van der Waals surface area contributed by atoms with Crippen molar-refractivity contribution in [1.82, 2.24) is 21.1 Å². The molecule has 0 saturated carbocycles. The Bertz CT molecular complexity index is 1700. The Morgan fingerprint density at radius 1 is 1.07 bits per heavy atom. The van der Waals surface area contributed by atoms with Crippen LogP contribution in [0.25, 0.3) is 0 Å². The largest absolute Gasteiger partial charge is 0.508 e. The number of nitrogens with one attached hydrogen (secondary N) is 3. The number of ketones is 1. The maximum absolute atomic E-state index is 14.3. The number of methoxy groups -OCH3 is 1. The second-order valence-corrected chi connectivity index (χ2v) is 14.9. The molecule has 0 spiro atoms. The zero-order chi connectivity index (χ0) is 42.2. The molecule has 2 aliphatic heterocycles. The average Bonchev–Trinajstić information content (AvgIpc) is 3.17. The third kappa shape index (κ3) is 14.4. The lowest BCUT2D eigenvalue weighted by Crippen LogP contribution is -2.62. The standard InChI is InChI=1S/C42H58N4O11/c1-25(2)37-40(53)43-33(24-29-14-11-15-30(48)23-29)41(54)46-22-12-16-32(45-46)42(55)57-35(26(3)13-10-19-36(50)56-6)18-9-7-8-17-34(49)28(5)38(51)31(39(52)44-37)21-20-27(4)47/h7-11,13-15,17,19,23,25,28,31-35,37-38,45,48-49,51H,12,16,18,20-22,24H2,1-6H3,(H,43,53)(H,44,52)/b9-7+,17-8+,19-10+,26-13+/t28-,31+,32-,33-,34-,35-,37-,38+/m0/s1. The molecule has 0 radical (unpaired) electrons. The molecule has 1 aromatic carbocycles. The van der Waals surface area contributed by atoms with Gasteiger partial charge in [0.15, 0.2) is 0 Å². The summed E-state index contributed by atoms with van der Waals surface area (Å²) in [5.41, 5.74) is 4.10. The van der Waals surface area contributed by atoms with Gasteiger partial charge in [-0.3, -0.25) is 24.2 Å². The van der Waals surface area contributed by atoms with Gasteiger partial charge in [0.2, 0.25) is 11.8 Å². The predicted octanol–water partition coefficient (Wildman–Crippen LogP) is 2.50. The van der Waals surface area contributed by atoms with E-state index in [1.807, 2.05) is 0 Å². The number of phenols is 1. The van der Waals surface area contributed by atoms with Crippen molar-refractivity contribution in [3.05, 3.63) is 77.9 Å². The van der Waals surface area contributed by atoms with Crippen LogP contribution in [0.15, 0.2) is 72.4 Å². The second-order valence-electron chi connectivity index (χ2n) is 14.9. The topological polar surface area (TPSA) is 221 Å². The van der Waals surface area contributed by atoms with Crippen molar-refractivity contribution in [2.45, 2.75) is 110 Å². The first kappa shape index (κ1) is 46.3. The van der Waals surface area contributed by atoms with Gasteiger partial charge in [-0.05, 0) is 62.3 Å². The molecule has 3 rings (SSSR count). The van der Waals surface area contributed by atoms with Gasteiger partial charge in [-0.15, -0.1) is 0 Å². The number of aliphatic hydroxyl groups excluding tert-OH is 2. The number of hydrogen-bond donors (Lipinski definition) is 6. The first-order chi connectivity index (χ1) is 27.0. The summed E-state index contributed by atoms with van der Waals surface area (Å²) in [4.78, 5) is 79.5. The number of amides is 3. The Morgan fingerprint density at radius 3 is 2.47 bits per heavy atom. The highest BCUT2D eigenvalue weighted by Crippen LogP contribution is 2.24. The normalized spacial score (nSPS) is 28.7. The van der Waals surface area contributed by atoms with Crippen molar-refractivity contribution in [2.75, 3.05) is 13.7 Å². The number of aromatic hydroxyl groups is 1. The van der Waals surface area contributed by atoms with E-state index in [2.05, 4.69) is 20.8 Å². The van der Waals surface area contributed by atoms with Crippen LogP contribution in [0.2, 0.25) is 0 Å². The molecule has 15 nitrogen and oxygen atoms in total. The molecule has 8 atom stereocenters. The summed E-state index contributed by atoms with van der Waals surface area (Å²) in [5.74, 6) is -5.98. The highest BCUT2D eigenvalue weighted by Gasteiger charge is 2.38. The van der Waals surface area contributed by atoms with Gasteiger partial charge in [0.25, 0.3) is 5.91 Å². The quantitative estimate of drug-likeness (QED) is 0.121. The monoisotopic (exact) mass is 794 g/mol. The molecular formula is C42H58N4O11. The molecule has 2 heterocycles. The molecular weight excluding hydrogens is 736 g/mol. The summed E-state index contributed by atoms with van der Waals surface area (Å²) in [6.07, 6.45) is 8.02. The lowest BCUT2D eigenvalue weighted by atomic mass is 9.84. The minimum atomic E-state index is -1.42. The van der Waals surface area contributed by atoms with Crippen LogP contribution < -0.4 is 16.1 Å². The maximum Gasteiger partial charge on any atom is 0.330 e. The van der Waals surface area contributed by atoms with E-state index in [4.69, 9.17) is 4.74 Å². The number of ether oxygens (including phenoxy) is 2. The lowest BCUT2D eigenvalue weighted by Gasteiger charge is -2.36. The number of carbonyl (C=O) groups excluding carboxylic acids is 6. The molecule has 2 aliphatic rings. The minimum Gasteiger partial charge on any atom is -0.508 e. The molecule has 1 fully saturated rings. The van der Waals surface area contributed by atoms with Crippen LogP contribution in [0.4, 0.5) is 0 Å². The number of carbonyl (C=O) groups is 6. The van der Waals surface area contributed by atoms with Gasteiger partial charge in [-0.25, -0.2) is 10.2 Å². The second kappa shape index (κ2) is 22.6. The Hall–Kier alpha value is -5.12. The molecule has 6 N–H and O–H groups in total. The Balaban J connectivity index is 2.08. The van der Waals surface area contributed by atoms with Gasteiger partial charge >= 0.3 is 11.9 Å². The molecule has 2 bridgehead atoms. The average molecular weight is 795 g/mol. The fourth-order valence-corrected chi connectivity index (χ4v) is 6.50. The fraction of sp³-hybridized carbons (Fsp3) is 0.524. The van der Waals surface area contributed by atoms with E-state index < -0.39 is 83.9 Å². The summed E-state index contributed by atoms with van der Waals surface area (Å²) in [6, 6.07) is 2.88. The maximum atomic E-state index is 14.3. The molecule has 57 heavy (non-hydrogen) atoms. The zero-order valence-electron chi connectivity index (χ0n) is 33.6. The number of hydrazine groups is 1. The number of benzene rings is 1. The summed E-state index contributed by atoms with van der Waals surface area (Å²) >= 11 is 0. The number of Topliss-reactive ketones (excluding diaryl/α,β-unsaturated/α-hetero) is 1. The van der Waals surface area contributed by atoms with E-state index in [1.165, 1.54) is 49.4 Å². The van der Waals surface area contributed by atoms with Crippen LogP contribution >= 0.6 is 0 Å². The van der Waals surface area contributed by atoms with Gasteiger partial charge in [-0.1, -0.05) is 69.4 Å². The van der Waals surface area contributed by atoms with Crippen LogP contribution in [-0.2, 0) is 44.7 Å². The number of aliphatic hydroxyl groups is 2. The van der Waals surface area contributed by atoms with Crippen LogP contribution in [0, 0.1) is 17.8 Å². The molecule has 1 saturated heterocycles. The summed E-state index contributed by atoms with van der Waals surface area (Å²) in [5, 5.41) is 39.4. The van der Waals surface area contributed by atoms with E-state index in [0.717, 1.165) is 0 Å². The smallest absolute Gasteiger partial charge is 0.330 e. The first-order valence-corrected chi connectivity index (χ1v) is 19.3. The van der Waals surface area contributed by atoms with Gasteiger partial charge in [-0.2, -0.15) is 0 Å². The van der Waals surface area contributed by atoms with Crippen molar-refractivity contribution < 1.29 is 53.6 Å². The number of nitrogens with zero attached hydrogens (tertiary/aromatic N) is 1. The molecule has 0 aromatic heterocycles. The molecule has 15 heteroatoms. The predicted molar refractivity (Wildman–Crippen MR) is 211 cm³/mol. The summed E-state index contributed by atoms with van der Waals surface area (Å²) < 4.78 is 10.6. The minimum absolute atomic E-state index is 0.0303. The highest BCUT2D eigenvalue weighted by molar-refractivity contribution is 5.93. The van der Waals surface area contributed by atoms with Gasteiger partial charge in [0.05, 0.1) is 25.2 Å². The van der Waals surface area contributed by atoms with E-state index in [-0.39, 0.29) is 43.8 Å². The highest BCUT2D eigenvalue weighted by atomic mass is 16.5. The van der Waals surface area contributed by atoms with Crippen molar-refractivity contribution in [1.29, 1.82) is 0 Å². The number of allylic oxidation sites excluding steroid dienone is 4. The molecule has 0 aliphatic carbocycles. The Kier molecular flexibility index (Phi) is 18.3. The number of hydrogen-bond acceptors (Lipinski definition) is 12. The number of phenolic OH excluding ortho intramolecular Hbond substituents is 1. The molecule has 1 aromatic rings. The summed E-state index contributed by atoms with van der Waals surface area (Å²) in [6.45, 7) is 8.26. The number of esters is 2. The van der Waals surface area contributed by atoms with Crippen LogP contribution in [0.3, 0.4) is 0 Å². The van der Waals surface area contributed by atoms with Crippen LogP contribution in [0.5, 0.6) is 5.75 Å². The molecule has 0 unspecified atom stereocenters. The molecule has 312 valence electrons. The third-order valence-electron chi connectivity index (χ3n) is 10.0. The SMILES string of the molecule is COC(=O)/C=C/C=C(\C)[C@@H]1C/C=C/C=C/[C@H](O)[C@H](C)[C@@H](O)[C@@H](CCC(C)=O)C(=O)N[C@@H](C(C)C)C(=O)N[C@@H](Cc2cccc(O)c2)C(=O)N2CCC[C@H](N2)C(=O)O1. The lowest BCUT2D eigenvalue weighted by molar-refractivity contribution is -0.156. The zero-order valence-corrected chi connectivity index (χ0v) is 33.6. The number of fused-ring (bicyclic) bond motifs is 2. The van der Waals surface area contributed by atoms with Gasteiger partial charge in [0, 0.05) is 37.8 Å². The van der Waals surface area contributed by atoms with Crippen molar-refractivity contribution in [2.24, 2.45) is 17.8 Å². The van der Waals surface area contributed by atoms with E-state index >= 15 is 0 Å². The Morgan fingerprint density at radius 2 is 1.81 bits per heavy atom. The van der Waals surface area contributed by atoms with Crippen molar-refractivity contribution >= 4 is 35.4 Å². The number of rotatable bonds is 9. The van der Waals surface area contributed by atoms with Crippen molar-refractivity contribution in [3.63, 3.8) is 0 Å². The van der Waals surface area contributed by atoms with Crippen LogP contribution in [0.1, 0.15) is 72.3 Å². The fourth-order valence-electron chi connectivity index (χ4n) is 6.50. The van der Waals surface area contributed by atoms with Crippen LogP contribution in [-0.4, -0.2) is 106 Å². The van der Waals surface area contributed by atoms with Gasteiger partial charge in [0.1, 0.15) is 35.8 Å². The Labute approximate surface area is 334 Å². The van der Waals surface area contributed by atoms with E-state index in [1.54, 1.807) is 64.1 Å². The van der Waals surface area contributed by atoms with Gasteiger partial charge < -0.3 is 40.2 Å². The van der Waals surface area contributed by atoms with E-state index in [0.29, 0.717) is 24.0 Å². The summed E-state index contributed by atoms with van der Waals surface area (Å²) in [7, 11) is 1.25. The van der Waals surface area contributed by atoms with E-state index in [9.17, 15) is 44.1 Å². The van der Waals surface area contributed by atoms with Crippen molar-refractivity contribution in [3.8, 4) is 5.75 Å². The first-order valence-electron chi connectivity index (χ1n) is 19.3. The molecule has 3 amide bonds. The number of cyclic esters (lactones) is 1.